The lowest BCUT2D eigenvalue weighted by atomic mass is 9.99. The van der Waals surface area contributed by atoms with Crippen molar-refractivity contribution in [1.82, 2.24) is 10.1 Å². The van der Waals surface area contributed by atoms with Gasteiger partial charge in [-0.2, -0.15) is 23.3 Å². The van der Waals surface area contributed by atoms with Gasteiger partial charge in [0.25, 0.3) is 0 Å². The van der Waals surface area contributed by atoms with E-state index in [2.05, 4.69) is 10.1 Å². The van der Waals surface area contributed by atoms with E-state index in [9.17, 15) is 18.0 Å². The van der Waals surface area contributed by atoms with Gasteiger partial charge in [0.2, 0.25) is 5.12 Å². The van der Waals surface area contributed by atoms with Crippen LogP contribution >= 0.6 is 23.5 Å². The molecule has 1 unspecified atom stereocenters. The molecule has 0 saturated carbocycles. The molecule has 0 aliphatic carbocycles. The van der Waals surface area contributed by atoms with Gasteiger partial charge in [0.05, 0.1) is 29.5 Å². The average Bonchev–Trinajstić information content (AvgIpc) is 3.11. The number of nitriles is 1. The van der Waals surface area contributed by atoms with Crippen molar-refractivity contribution in [3.05, 3.63) is 53.1 Å². The Labute approximate surface area is 224 Å². The molecule has 1 atom stereocenters. The minimum Gasteiger partial charge on any atom is -0.493 e. The zero-order chi connectivity index (χ0) is 26.1. The number of piperidine rings is 1. The number of rotatable bonds is 6. The molecule has 2 N–H and O–H groups in total. The molecular formula is C26H32ClF3N4O2S. The van der Waals surface area contributed by atoms with Crippen molar-refractivity contribution in [2.24, 2.45) is 5.92 Å². The van der Waals surface area contributed by atoms with Crippen LogP contribution in [-0.4, -0.2) is 30.4 Å². The quantitative estimate of drug-likeness (QED) is 0.405. The summed E-state index contributed by atoms with van der Waals surface area (Å²) in [7, 11) is 0. The summed E-state index contributed by atoms with van der Waals surface area (Å²) >= 11 is -1.78. The van der Waals surface area contributed by atoms with Gasteiger partial charge in [-0.3, -0.25) is 9.80 Å². The third-order valence-electron chi connectivity index (χ3n) is 6.79. The molecule has 2 aliphatic heterocycles. The van der Waals surface area contributed by atoms with E-state index in [4.69, 9.17) is 10.00 Å². The number of nitrogens with one attached hydrogen (secondary N) is 2. The lowest BCUT2D eigenvalue weighted by molar-refractivity contribution is -0.138. The zero-order valence-electron chi connectivity index (χ0n) is 21.0. The van der Waals surface area contributed by atoms with Crippen LogP contribution in [0.15, 0.2) is 41.3 Å². The molecule has 4 rings (SSSR count). The van der Waals surface area contributed by atoms with E-state index < -0.39 is 33.9 Å². The number of hydrazine groups is 1. The molecule has 0 radical (unpaired) electrons. The van der Waals surface area contributed by atoms with Gasteiger partial charge in [-0.25, -0.2) is 0 Å². The molecule has 37 heavy (non-hydrogen) atoms. The summed E-state index contributed by atoms with van der Waals surface area (Å²) in [5.74, 6) is 1.33. The predicted octanol–water partition coefficient (Wildman–Crippen LogP) is 5.54. The van der Waals surface area contributed by atoms with Gasteiger partial charge < -0.3 is 10.1 Å². The van der Waals surface area contributed by atoms with Gasteiger partial charge in [-0.05, 0) is 94.1 Å². The molecule has 0 amide bonds. The number of carbonyl (C=O) groups is 1. The lowest BCUT2D eigenvalue weighted by Crippen LogP contribution is -2.46. The van der Waals surface area contributed by atoms with E-state index in [0.717, 1.165) is 61.5 Å². The van der Waals surface area contributed by atoms with Gasteiger partial charge in [0.1, 0.15) is 11.3 Å². The highest BCUT2D eigenvalue weighted by atomic mass is 35.5. The Bertz CT molecular complexity index is 1180. The third-order valence-corrected chi connectivity index (χ3v) is 8.94. The molecule has 0 bridgehead atoms. The van der Waals surface area contributed by atoms with E-state index >= 15 is 0 Å². The number of hydrogen-bond donors (Lipinski definition) is 3. The minimum absolute atomic E-state index is 0. The normalized spacial score (nSPS) is 20.8. The monoisotopic (exact) mass is 556 g/mol. The summed E-state index contributed by atoms with van der Waals surface area (Å²) in [6.45, 7) is 8.21. The molecule has 0 aromatic heterocycles. The van der Waals surface area contributed by atoms with E-state index in [1.165, 1.54) is 6.07 Å². The van der Waals surface area contributed by atoms with Gasteiger partial charge in [-0.1, -0.05) is 18.0 Å². The highest BCUT2D eigenvalue weighted by Crippen LogP contribution is 2.48. The zero-order valence-corrected chi connectivity index (χ0v) is 22.7. The van der Waals surface area contributed by atoms with Crippen LogP contribution in [0.1, 0.15) is 50.3 Å². The van der Waals surface area contributed by atoms with Crippen molar-refractivity contribution < 1.29 is 22.7 Å². The van der Waals surface area contributed by atoms with E-state index in [-0.39, 0.29) is 22.4 Å². The van der Waals surface area contributed by atoms with Crippen molar-refractivity contribution in [1.29, 1.82) is 5.26 Å². The second kappa shape index (κ2) is 11.5. The number of thiol groups is 1. The van der Waals surface area contributed by atoms with Crippen LogP contribution in [0.4, 0.5) is 18.9 Å². The highest BCUT2D eigenvalue weighted by Gasteiger charge is 2.47. The largest absolute Gasteiger partial charge is 0.493 e. The number of benzene rings is 2. The number of anilines is 1. The smallest absolute Gasteiger partial charge is 0.417 e. The summed E-state index contributed by atoms with van der Waals surface area (Å²) in [5.41, 5.74) is -0.730. The van der Waals surface area contributed by atoms with Gasteiger partial charge in [-0.15, -0.1) is 12.4 Å². The Balaban J connectivity index is 0.00000380. The van der Waals surface area contributed by atoms with Crippen molar-refractivity contribution in [3.63, 3.8) is 0 Å². The second-order valence-corrected chi connectivity index (χ2v) is 11.4. The molecule has 11 heteroatoms. The van der Waals surface area contributed by atoms with Crippen LogP contribution in [-0.2, 0) is 17.4 Å². The first kappa shape index (κ1) is 29.1. The Hall–Kier alpha value is -2.45. The highest BCUT2D eigenvalue weighted by molar-refractivity contribution is 8.28. The van der Waals surface area contributed by atoms with Crippen LogP contribution in [0.2, 0.25) is 0 Å². The van der Waals surface area contributed by atoms with Crippen molar-refractivity contribution >= 4 is 34.3 Å². The summed E-state index contributed by atoms with van der Waals surface area (Å²) in [6.07, 6.45) is -1.78. The molecule has 2 aromatic rings. The maximum absolute atomic E-state index is 13.5. The lowest BCUT2D eigenvalue weighted by Gasteiger charge is -2.31. The number of ether oxygens (including phenoxy) is 1. The van der Waals surface area contributed by atoms with Crippen LogP contribution in [0.3, 0.4) is 0 Å². The molecule has 2 heterocycles. The first-order valence-electron chi connectivity index (χ1n) is 12.0. The Morgan fingerprint density at radius 2 is 1.89 bits per heavy atom. The van der Waals surface area contributed by atoms with Crippen molar-refractivity contribution in [2.75, 3.05) is 24.7 Å². The fourth-order valence-electron chi connectivity index (χ4n) is 4.58. The fourth-order valence-corrected chi connectivity index (χ4v) is 6.71. The molecule has 2 saturated heterocycles. The molecule has 6 nitrogen and oxygen atoms in total. The minimum atomic E-state index is -4.69. The number of nitrogens with zero attached hydrogens (tertiary/aromatic N) is 2. The van der Waals surface area contributed by atoms with E-state index in [1.807, 2.05) is 25.1 Å². The number of alkyl halides is 3. The van der Waals surface area contributed by atoms with Gasteiger partial charge in [0.15, 0.2) is 0 Å². The van der Waals surface area contributed by atoms with Crippen molar-refractivity contribution in [3.8, 4) is 11.8 Å². The first-order valence-corrected chi connectivity index (χ1v) is 13.4. The van der Waals surface area contributed by atoms with Gasteiger partial charge >= 0.3 is 6.18 Å². The third kappa shape index (κ3) is 6.01. The van der Waals surface area contributed by atoms with E-state index in [1.54, 1.807) is 24.9 Å². The maximum Gasteiger partial charge on any atom is 0.417 e. The van der Waals surface area contributed by atoms with Crippen LogP contribution < -0.4 is 19.9 Å². The molecule has 0 spiro atoms. The first-order chi connectivity index (χ1) is 17.1. The maximum atomic E-state index is 13.5. The molecular weight excluding hydrogens is 525 g/mol. The summed E-state index contributed by atoms with van der Waals surface area (Å²) in [4.78, 5) is 16.8. The van der Waals surface area contributed by atoms with Crippen LogP contribution in [0.25, 0.3) is 0 Å². The Morgan fingerprint density at radius 3 is 2.51 bits per heavy atom. The van der Waals surface area contributed by atoms with Gasteiger partial charge in [0, 0.05) is 4.90 Å². The standard InChI is InChI=1S/C26H31F3N4O2S.ClH/c1-4-18-13-20(6-8-23(18)35-16-17-9-11-31-12-10-17)33-25(2,3)24(34)36(32-33)21-7-5-19(15-30)22(14-21)26(27,28)29;/h5-8,13-14,17,31-32,36H,4,9-12,16H2,1-3H3;1H. The second-order valence-electron chi connectivity index (χ2n) is 9.62. The number of halogens is 4. The van der Waals surface area contributed by atoms with E-state index in [0.29, 0.717) is 12.5 Å². The molecule has 2 fully saturated rings. The average molecular weight is 557 g/mol. The Morgan fingerprint density at radius 1 is 1.19 bits per heavy atom. The SMILES string of the molecule is CCc1cc(N2N[SH](c3ccc(C#N)c(C(F)(F)F)c3)C(=O)C2(C)C)ccc1OCC1CCNCC1.Cl. The van der Waals surface area contributed by atoms with Crippen molar-refractivity contribution in [2.45, 2.75) is 56.6 Å². The summed E-state index contributed by atoms with van der Waals surface area (Å²) in [5, 5.41) is 14.0. The summed E-state index contributed by atoms with van der Waals surface area (Å²) < 4.78 is 46.7. The Kier molecular flexibility index (Phi) is 9.06. The number of carbonyl (C=O) groups excluding carboxylic acids is 1. The molecule has 2 aromatic carbocycles. The number of hydrogen-bond acceptors (Lipinski definition) is 6. The fraction of sp³-hybridized carbons (Fsp3) is 0.462. The topological polar surface area (TPSA) is 77.4 Å². The number of aryl methyl sites for hydroxylation is 1. The summed E-state index contributed by atoms with van der Waals surface area (Å²) in [6, 6.07) is 10.8. The predicted molar refractivity (Wildman–Crippen MR) is 142 cm³/mol. The molecule has 202 valence electrons. The molecule has 2 aliphatic rings. The van der Waals surface area contributed by atoms with Crippen LogP contribution in [0.5, 0.6) is 5.75 Å². The van der Waals surface area contributed by atoms with Crippen LogP contribution in [0, 0.1) is 17.2 Å².